The van der Waals surface area contributed by atoms with Crippen molar-refractivity contribution < 1.29 is 4.79 Å². The van der Waals surface area contributed by atoms with Crippen molar-refractivity contribution in [3.63, 3.8) is 0 Å². The van der Waals surface area contributed by atoms with Crippen molar-refractivity contribution in [2.75, 3.05) is 5.32 Å². The monoisotopic (exact) mass is 305 g/mol. The molecule has 20 heavy (non-hydrogen) atoms. The zero-order chi connectivity index (χ0) is 14.4. The van der Waals surface area contributed by atoms with E-state index in [0.29, 0.717) is 10.6 Å². The molecule has 0 saturated heterocycles. The maximum Gasteiger partial charge on any atom is 0.271 e. The average molecular weight is 306 g/mol. The highest BCUT2D eigenvalue weighted by atomic mass is 35.5. The van der Waals surface area contributed by atoms with Gasteiger partial charge in [0.15, 0.2) is 5.11 Å². The van der Waals surface area contributed by atoms with Crippen LogP contribution < -0.4 is 16.2 Å². The molecule has 3 N–H and O–H groups in total. The lowest BCUT2D eigenvalue weighted by Gasteiger charge is -2.12. The zero-order valence-electron chi connectivity index (χ0n) is 10.4. The molecule has 0 aliphatic heterocycles. The van der Waals surface area contributed by atoms with E-state index in [2.05, 4.69) is 16.2 Å². The molecule has 0 aromatic heterocycles. The van der Waals surface area contributed by atoms with Gasteiger partial charge in [0.2, 0.25) is 0 Å². The summed E-state index contributed by atoms with van der Waals surface area (Å²) in [5.74, 6) is -0.354. The predicted molar refractivity (Wildman–Crippen MR) is 84.7 cm³/mol. The average Bonchev–Trinajstić information content (AvgIpc) is 2.46. The van der Waals surface area contributed by atoms with Crippen molar-refractivity contribution in [2.24, 2.45) is 0 Å². The van der Waals surface area contributed by atoms with Crippen molar-refractivity contribution >= 4 is 40.5 Å². The summed E-state index contributed by atoms with van der Waals surface area (Å²) in [4.78, 5) is 11.9. The van der Waals surface area contributed by atoms with Crippen molar-refractivity contribution in [3.8, 4) is 0 Å². The fourth-order valence-electron chi connectivity index (χ4n) is 1.51. The van der Waals surface area contributed by atoms with Crippen molar-refractivity contribution in [1.82, 2.24) is 10.9 Å². The van der Waals surface area contributed by atoms with Crippen LogP contribution in [0.4, 0.5) is 5.69 Å². The summed E-state index contributed by atoms with van der Waals surface area (Å²) < 4.78 is 0. The lowest BCUT2D eigenvalue weighted by molar-refractivity contribution is 0.0944. The van der Waals surface area contributed by atoms with Gasteiger partial charge in [-0.15, -0.1) is 0 Å². The lowest BCUT2D eigenvalue weighted by atomic mass is 10.2. The number of hydrogen-bond acceptors (Lipinski definition) is 2. The van der Waals surface area contributed by atoms with Crippen LogP contribution in [-0.2, 0) is 0 Å². The Balaban J connectivity index is 1.88. The van der Waals surface area contributed by atoms with Gasteiger partial charge in [-0.2, -0.15) is 0 Å². The largest absolute Gasteiger partial charge is 0.331 e. The topological polar surface area (TPSA) is 53.2 Å². The number of carbonyl (C=O) groups excluding carboxylic acids is 1. The first-order valence-electron chi connectivity index (χ1n) is 5.84. The molecule has 0 bridgehead atoms. The lowest BCUT2D eigenvalue weighted by Crippen LogP contribution is -2.43. The Labute approximate surface area is 127 Å². The van der Waals surface area contributed by atoms with Gasteiger partial charge >= 0.3 is 0 Å². The van der Waals surface area contributed by atoms with Gasteiger partial charge in [0.25, 0.3) is 5.91 Å². The number of hydrogen-bond donors (Lipinski definition) is 3. The minimum atomic E-state index is -0.354. The molecular formula is C14H12ClN3OS. The number of anilines is 1. The predicted octanol–water partition coefficient (Wildman–Crippen LogP) is 2.97. The van der Waals surface area contributed by atoms with Gasteiger partial charge in [0.1, 0.15) is 0 Å². The Kier molecular flexibility index (Phi) is 4.92. The molecule has 0 atom stereocenters. The number of hydrazine groups is 1. The number of halogens is 1. The van der Waals surface area contributed by atoms with Gasteiger partial charge in [-0.3, -0.25) is 15.6 Å². The molecule has 0 unspecified atom stereocenters. The molecule has 0 radical (unpaired) electrons. The Morgan fingerprint density at radius 3 is 2.30 bits per heavy atom. The number of nitrogens with one attached hydrogen (secondary N) is 3. The van der Waals surface area contributed by atoms with E-state index in [-0.39, 0.29) is 11.0 Å². The fraction of sp³-hybridized carbons (Fsp3) is 0. The molecular weight excluding hydrogens is 294 g/mol. The number of thiocarbonyl (C=S) groups is 1. The molecule has 2 aromatic carbocycles. The van der Waals surface area contributed by atoms with Crippen LogP contribution in [0, 0.1) is 0 Å². The first kappa shape index (κ1) is 14.3. The molecule has 0 fully saturated rings. The fourth-order valence-corrected chi connectivity index (χ4v) is 1.90. The Bertz CT molecular complexity index is 619. The van der Waals surface area contributed by atoms with Crippen molar-refractivity contribution in [1.29, 1.82) is 0 Å². The molecule has 102 valence electrons. The summed E-state index contributed by atoms with van der Waals surface area (Å²) in [6.45, 7) is 0. The van der Waals surface area contributed by atoms with Gasteiger partial charge in [0, 0.05) is 5.69 Å². The summed E-state index contributed by atoms with van der Waals surface area (Å²) in [5.41, 5.74) is 6.31. The van der Waals surface area contributed by atoms with Crippen molar-refractivity contribution in [2.45, 2.75) is 0 Å². The summed E-state index contributed by atoms with van der Waals surface area (Å²) in [5, 5.41) is 3.61. The van der Waals surface area contributed by atoms with Crippen LogP contribution in [0.2, 0.25) is 5.02 Å². The maximum atomic E-state index is 11.9. The van der Waals surface area contributed by atoms with Gasteiger partial charge in [-0.05, 0) is 36.5 Å². The Hall–Kier alpha value is -2.11. The second-order valence-electron chi connectivity index (χ2n) is 3.88. The van der Waals surface area contributed by atoms with Gasteiger partial charge < -0.3 is 5.32 Å². The molecule has 6 heteroatoms. The number of carbonyl (C=O) groups is 1. The van der Waals surface area contributed by atoms with Crippen LogP contribution in [0.25, 0.3) is 0 Å². The minimum Gasteiger partial charge on any atom is -0.331 e. The standard InChI is InChI=1S/C14H12ClN3OS/c15-12-9-5-4-8-11(12)13(19)17-18-14(20)16-10-6-2-1-3-7-10/h1-9H,(H,17,19)(H2,16,18,20). The number of amides is 1. The van der Waals surface area contributed by atoms with E-state index < -0.39 is 0 Å². The van der Waals surface area contributed by atoms with E-state index in [4.69, 9.17) is 23.8 Å². The third-order valence-corrected chi connectivity index (χ3v) is 2.97. The van der Waals surface area contributed by atoms with Crippen LogP contribution in [0.3, 0.4) is 0 Å². The SMILES string of the molecule is O=C(NNC(=S)Nc1ccccc1)c1ccccc1Cl. The normalized spacial score (nSPS) is 9.65. The van der Waals surface area contributed by atoms with Crippen LogP contribution in [0.5, 0.6) is 0 Å². The van der Waals surface area contributed by atoms with Crippen molar-refractivity contribution in [3.05, 3.63) is 65.2 Å². The molecule has 0 aliphatic rings. The highest BCUT2D eigenvalue weighted by Gasteiger charge is 2.09. The zero-order valence-corrected chi connectivity index (χ0v) is 12.0. The molecule has 2 rings (SSSR count). The third kappa shape index (κ3) is 3.94. The summed E-state index contributed by atoms with van der Waals surface area (Å²) >= 11 is 11.0. The molecule has 4 nitrogen and oxygen atoms in total. The quantitative estimate of drug-likeness (QED) is 0.590. The van der Waals surface area contributed by atoms with Crippen LogP contribution in [-0.4, -0.2) is 11.0 Å². The first-order chi connectivity index (χ1) is 9.66. The first-order valence-corrected chi connectivity index (χ1v) is 6.62. The van der Waals surface area contributed by atoms with E-state index in [0.717, 1.165) is 5.69 Å². The van der Waals surface area contributed by atoms with Gasteiger partial charge in [0.05, 0.1) is 10.6 Å². The van der Waals surface area contributed by atoms with Gasteiger partial charge in [-0.1, -0.05) is 41.9 Å². The van der Waals surface area contributed by atoms with Crippen LogP contribution in [0.15, 0.2) is 54.6 Å². The highest BCUT2D eigenvalue weighted by Crippen LogP contribution is 2.14. The number of para-hydroxylation sites is 1. The third-order valence-electron chi connectivity index (χ3n) is 2.44. The van der Waals surface area contributed by atoms with E-state index in [1.54, 1.807) is 24.3 Å². The Morgan fingerprint density at radius 1 is 0.950 bits per heavy atom. The smallest absolute Gasteiger partial charge is 0.271 e. The molecule has 0 spiro atoms. The second kappa shape index (κ2) is 6.88. The minimum absolute atomic E-state index is 0.289. The molecule has 1 amide bonds. The summed E-state index contributed by atoms with van der Waals surface area (Å²) in [6.07, 6.45) is 0. The summed E-state index contributed by atoms with van der Waals surface area (Å²) in [6, 6.07) is 16.2. The highest BCUT2D eigenvalue weighted by molar-refractivity contribution is 7.80. The number of rotatable bonds is 2. The molecule has 2 aromatic rings. The van der Waals surface area contributed by atoms with E-state index in [1.807, 2.05) is 30.3 Å². The molecule has 0 aliphatic carbocycles. The van der Waals surface area contributed by atoms with Crippen LogP contribution in [0.1, 0.15) is 10.4 Å². The maximum absolute atomic E-state index is 11.9. The van der Waals surface area contributed by atoms with Crippen LogP contribution >= 0.6 is 23.8 Å². The molecule has 0 heterocycles. The molecule has 0 saturated carbocycles. The van der Waals surface area contributed by atoms with Gasteiger partial charge in [-0.25, -0.2) is 0 Å². The van der Waals surface area contributed by atoms with E-state index >= 15 is 0 Å². The Morgan fingerprint density at radius 2 is 1.60 bits per heavy atom. The second-order valence-corrected chi connectivity index (χ2v) is 4.69. The van der Waals surface area contributed by atoms with E-state index in [9.17, 15) is 4.79 Å². The summed E-state index contributed by atoms with van der Waals surface area (Å²) in [7, 11) is 0. The van der Waals surface area contributed by atoms with E-state index in [1.165, 1.54) is 0 Å². The number of benzene rings is 2.